The van der Waals surface area contributed by atoms with Gasteiger partial charge in [0.1, 0.15) is 0 Å². The van der Waals surface area contributed by atoms with Crippen molar-refractivity contribution < 1.29 is 0 Å². The second kappa shape index (κ2) is 12.4. The lowest BCUT2D eigenvalue weighted by Crippen LogP contribution is -2.26. The van der Waals surface area contributed by atoms with Crippen molar-refractivity contribution in [3.63, 3.8) is 0 Å². The number of benzene rings is 7. The fourth-order valence-electron chi connectivity index (χ4n) is 9.07. The van der Waals surface area contributed by atoms with Crippen molar-refractivity contribution >= 4 is 88.1 Å². The minimum Gasteiger partial charge on any atom is -0.321 e. The lowest BCUT2D eigenvalue weighted by molar-refractivity contribution is 0.879. The van der Waals surface area contributed by atoms with Crippen molar-refractivity contribution in [3.8, 4) is 11.3 Å². The van der Waals surface area contributed by atoms with Gasteiger partial charge in [0.05, 0.1) is 39.5 Å². The van der Waals surface area contributed by atoms with E-state index in [9.17, 15) is 4.79 Å². The lowest BCUT2D eigenvalue weighted by Gasteiger charge is -2.25. The van der Waals surface area contributed by atoms with E-state index >= 15 is 0 Å². The van der Waals surface area contributed by atoms with Gasteiger partial charge in [-0.15, -0.1) is 0 Å². The quantitative estimate of drug-likeness (QED) is 0.184. The van der Waals surface area contributed by atoms with Crippen LogP contribution in [-0.4, -0.2) is 25.6 Å². The Labute approximate surface area is 322 Å². The average Bonchev–Trinajstić information content (AvgIpc) is 3.74. The summed E-state index contributed by atoms with van der Waals surface area (Å²) in [6.07, 6.45) is 4.49. The van der Waals surface area contributed by atoms with Crippen LogP contribution in [0.25, 0.3) is 87.7 Å². The van der Waals surface area contributed by atoms with Crippen LogP contribution in [0.15, 0.2) is 169 Å². The number of nitrogens with zero attached hydrogens (tertiary/aromatic N) is 4. The third-order valence-electron chi connectivity index (χ3n) is 11.5. The van der Waals surface area contributed by atoms with E-state index < -0.39 is 0 Å². The number of H-pyrrole nitrogens is 1. The maximum Gasteiger partial charge on any atom is 0.256 e. The zero-order valence-corrected chi connectivity index (χ0v) is 30.9. The zero-order chi connectivity index (χ0) is 37.5. The van der Waals surface area contributed by atoms with Crippen molar-refractivity contribution in [2.24, 2.45) is 0 Å². The van der Waals surface area contributed by atoms with E-state index in [1.54, 1.807) is 0 Å². The Balaban J connectivity index is 1.27. The number of fused-ring (bicyclic) bond motifs is 12. The highest BCUT2D eigenvalue weighted by atomic mass is 16.1. The Morgan fingerprint density at radius 3 is 1.86 bits per heavy atom. The van der Waals surface area contributed by atoms with Gasteiger partial charge in [-0.2, -0.15) is 0 Å². The molecule has 1 unspecified atom stereocenters. The Kier molecular flexibility index (Phi) is 7.10. The predicted octanol–water partition coefficient (Wildman–Crippen LogP) is 12.0. The molecule has 11 rings (SSSR count). The molecule has 4 heterocycles. The number of aromatic nitrogens is 4. The first-order valence-electron chi connectivity index (χ1n) is 19.1. The molecule has 0 saturated heterocycles. The SMILES string of the molecule is C/C=C(\C=C1\c2c(c3ccccc3c3c2[nH]c(=O)c2ccccc23)N(c2nc(-c3ccccc3)c3ccccc3n2)C1C)n1c2ccccc2c2ccccc21. The molecule has 10 aromatic rings. The van der Waals surface area contributed by atoms with Crippen molar-refractivity contribution in [2.45, 2.75) is 19.9 Å². The Morgan fingerprint density at radius 1 is 0.625 bits per heavy atom. The summed E-state index contributed by atoms with van der Waals surface area (Å²) < 4.78 is 2.36. The molecular formula is C50H35N5O. The lowest BCUT2D eigenvalue weighted by atomic mass is 9.92. The molecule has 1 atom stereocenters. The van der Waals surface area contributed by atoms with Crippen LogP contribution in [0.2, 0.25) is 0 Å². The molecule has 1 N–H and O–H groups in total. The monoisotopic (exact) mass is 721 g/mol. The third-order valence-corrected chi connectivity index (χ3v) is 11.5. The van der Waals surface area contributed by atoms with E-state index in [4.69, 9.17) is 9.97 Å². The highest BCUT2D eigenvalue weighted by Gasteiger charge is 2.38. The summed E-state index contributed by atoms with van der Waals surface area (Å²) in [5.41, 5.74) is 9.79. The average molecular weight is 722 g/mol. The maximum atomic E-state index is 14.0. The number of allylic oxidation sites excluding steroid dienone is 3. The van der Waals surface area contributed by atoms with Crippen molar-refractivity contribution in [1.29, 1.82) is 0 Å². The van der Waals surface area contributed by atoms with Crippen LogP contribution in [-0.2, 0) is 0 Å². The smallest absolute Gasteiger partial charge is 0.256 e. The Hall–Kier alpha value is -7.31. The number of anilines is 2. The topological polar surface area (TPSA) is 66.8 Å². The molecule has 0 spiro atoms. The number of hydrogen-bond donors (Lipinski definition) is 1. The molecule has 0 radical (unpaired) electrons. The minimum absolute atomic E-state index is 0.113. The van der Waals surface area contributed by atoms with Crippen LogP contribution in [0.1, 0.15) is 19.4 Å². The van der Waals surface area contributed by atoms with Gasteiger partial charge >= 0.3 is 0 Å². The van der Waals surface area contributed by atoms with E-state index in [1.807, 2.05) is 48.5 Å². The van der Waals surface area contributed by atoms with Crippen LogP contribution >= 0.6 is 0 Å². The van der Waals surface area contributed by atoms with Crippen molar-refractivity contribution in [3.05, 3.63) is 180 Å². The molecule has 266 valence electrons. The third kappa shape index (κ3) is 4.59. The summed E-state index contributed by atoms with van der Waals surface area (Å²) in [5.74, 6) is 0.603. The molecule has 0 fully saturated rings. The summed E-state index contributed by atoms with van der Waals surface area (Å²) in [6, 6.07) is 52.0. The highest BCUT2D eigenvalue weighted by Crippen LogP contribution is 2.53. The molecule has 7 aromatic carbocycles. The van der Waals surface area contributed by atoms with Gasteiger partial charge in [-0.25, -0.2) is 9.97 Å². The van der Waals surface area contributed by atoms with Gasteiger partial charge in [0.15, 0.2) is 0 Å². The summed E-state index contributed by atoms with van der Waals surface area (Å²) in [4.78, 5) is 30.5. The number of nitrogens with one attached hydrogen (secondary N) is 1. The standard InChI is InChI=1S/C50H35N5O/c1-3-32(55-42-27-15-12-19-33(42)34-20-13-16-28-43(34)55)29-40-30(2)54(50-51-41-26-14-11-25-39(41)46(53-50)31-17-5-4-6-18-31)48-37-23-9-7-21-35(37)44-36-22-8-10-24-38(36)49(56)52-47(44)45(40)48/h3-30H,1-2H3,(H,52,56)/b32-3+,40-29+. The normalized spacial score (nSPS) is 15.3. The Morgan fingerprint density at radius 2 is 1.18 bits per heavy atom. The van der Waals surface area contributed by atoms with Crippen LogP contribution in [0, 0.1) is 0 Å². The second-order valence-corrected chi connectivity index (χ2v) is 14.5. The summed E-state index contributed by atoms with van der Waals surface area (Å²) in [6.45, 7) is 4.33. The first-order valence-corrected chi connectivity index (χ1v) is 19.1. The maximum absolute atomic E-state index is 14.0. The van der Waals surface area contributed by atoms with Gasteiger partial charge in [0.2, 0.25) is 5.95 Å². The fourth-order valence-corrected chi connectivity index (χ4v) is 9.07. The molecular weight excluding hydrogens is 687 g/mol. The Bertz CT molecular complexity index is 3320. The van der Waals surface area contributed by atoms with Gasteiger partial charge in [0, 0.05) is 49.1 Å². The number of rotatable bonds is 4. The van der Waals surface area contributed by atoms with E-state index in [0.717, 1.165) is 82.8 Å². The summed E-state index contributed by atoms with van der Waals surface area (Å²) in [7, 11) is 0. The van der Waals surface area contributed by atoms with Crippen LogP contribution < -0.4 is 10.5 Å². The summed E-state index contributed by atoms with van der Waals surface area (Å²) >= 11 is 0. The second-order valence-electron chi connectivity index (χ2n) is 14.5. The molecule has 56 heavy (non-hydrogen) atoms. The van der Waals surface area contributed by atoms with E-state index in [1.165, 1.54) is 10.8 Å². The predicted molar refractivity (Wildman–Crippen MR) is 234 cm³/mol. The zero-order valence-electron chi connectivity index (χ0n) is 30.9. The van der Waals surface area contributed by atoms with Gasteiger partial charge in [-0.3, -0.25) is 4.79 Å². The van der Waals surface area contributed by atoms with Crippen LogP contribution in [0.4, 0.5) is 11.6 Å². The first-order chi connectivity index (χ1) is 27.6. The van der Waals surface area contributed by atoms with Crippen molar-refractivity contribution in [2.75, 3.05) is 4.90 Å². The van der Waals surface area contributed by atoms with E-state index in [2.05, 4.69) is 144 Å². The molecule has 1 aliphatic rings. The molecule has 6 nitrogen and oxygen atoms in total. The molecule has 0 amide bonds. The molecule has 0 saturated carbocycles. The molecule has 0 aliphatic carbocycles. The van der Waals surface area contributed by atoms with E-state index in [0.29, 0.717) is 11.3 Å². The fraction of sp³-hybridized carbons (Fsp3) is 0.0600. The molecule has 0 bridgehead atoms. The number of para-hydroxylation sites is 3. The van der Waals surface area contributed by atoms with Gasteiger partial charge in [0.25, 0.3) is 5.56 Å². The highest BCUT2D eigenvalue weighted by molar-refractivity contribution is 6.27. The summed E-state index contributed by atoms with van der Waals surface area (Å²) in [5, 5.41) is 8.15. The van der Waals surface area contributed by atoms with Gasteiger partial charge < -0.3 is 14.5 Å². The largest absolute Gasteiger partial charge is 0.321 e. The first kappa shape index (κ1) is 32.1. The van der Waals surface area contributed by atoms with Gasteiger partial charge in [-0.1, -0.05) is 133 Å². The molecule has 1 aliphatic heterocycles. The molecule has 6 heteroatoms. The van der Waals surface area contributed by atoms with Crippen LogP contribution in [0.3, 0.4) is 0 Å². The van der Waals surface area contributed by atoms with E-state index in [-0.39, 0.29) is 11.6 Å². The number of aromatic amines is 1. The van der Waals surface area contributed by atoms with Crippen LogP contribution in [0.5, 0.6) is 0 Å². The van der Waals surface area contributed by atoms with Crippen molar-refractivity contribution in [1.82, 2.24) is 19.5 Å². The molecule has 3 aromatic heterocycles. The number of pyridine rings is 1. The minimum atomic E-state index is -0.221. The number of hydrogen-bond acceptors (Lipinski definition) is 4. The van der Waals surface area contributed by atoms with Gasteiger partial charge in [-0.05, 0) is 60.5 Å².